The first kappa shape index (κ1) is 18.4. The number of carbonyl (C=O) groups excluding carboxylic acids is 1. The molecule has 0 unspecified atom stereocenters. The number of hydrogen-bond donors (Lipinski definition) is 3. The molecule has 3 rings (SSSR count). The Hall–Kier alpha value is -2.43. The van der Waals surface area contributed by atoms with Gasteiger partial charge in [-0.2, -0.15) is 0 Å². The monoisotopic (exact) mass is 378 g/mol. The highest BCUT2D eigenvalue weighted by Crippen LogP contribution is 2.25. The van der Waals surface area contributed by atoms with Crippen LogP contribution in [-0.2, 0) is 38.1 Å². The Morgan fingerprint density at radius 1 is 1.27 bits per heavy atom. The molecule has 0 fully saturated rings. The van der Waals surface area contributed by atoms with Gasteiger partial charge in [-0.1, -0.05) is 6.07 Å². The third-order valence-corrected chi connectivity index (χ3v) is 5.86. The molecule has 5 N–H and O–H groups in total. The van der Waals surface area contributed by atoms with Crippen molar-refractivity contribution in [3.05, 3.63) is 52.8 Å². The zero-order chi connectivity index (χ0) is 19.1. The van der Waals surface area contributed by atoms with Crippen molar-refractivity contribution in [2.45, 2.75) is 23.7 Å². The van der Waals surface area contributed by atoms with Crippen LogP contribution in [-0.4, -0.2) is 26.5 Å². The second-order valence-corrected chi connectivity index (χ2v) is 8.03. The fourth-order valence-corrected chi connectivity index (χ4v) is 4.51. The average Bonchev–Trinajstić information content (AvgIpc) is 2.87. The number of rotatable bonds is 5. The van der Waals surface area contributed by atoms with Gasteiger partial charge in [-0.25, -0.2) is 12.8 Å². The first-order valence-corrected chi connectivity index (χ1v) is 9.33. The van der Waals surface area contributed by atoms with Crippen molar-refractivity contribution in [1.82, 2.24) is 0 Å². The summed E-state index contributed by atoms with van der Waals surface area (Å²) in [5.74, 6) is -2.07. The number of amides is 1. The van der Waals surface area contributed by atoms with Crippen LogP contribution in [0.1, 0.15) is 16.7 Å². The number of halogens is 1. The van der Waals surface area contributed by atoms with Crippen LogP contribution < -0.4 is 16.9 Å². The van der Waals surface area contributed by atoms with Crippen molar-refractivity contribution in [2.75, 3.05) is 5.73 Å². The Bertz CT molecular complexity index is 996. The number of anilines is 1. The Kier molecular flexibility index (Phi) is 4.74. The molecule has 1 heterocycles. The van der Waals surface area contributed by atoms with E-state index in [4.69, 9.17) is 16.1 Å². The molecule has 10 heteroatoms. The predicted octanol–water partition coefficient (Wildman–Crippen LogP) is -0.373. The second-order valence-electron chi connectivity index (χ2n) is 6.08. The van der Waals surface area contributed by atoms with Gasteiger partial charge in [-0.3, -0.25) is 4.79 Å². The summed E-state index contributed by atoms with van der Waals surface area (Å²) in [6.45, 7) is 0.0567. The molecule has 0 saturated carbocycles. The molecule has 0 saturated heterocycles. The van der Waals surface area contributed by atoms with Crippen molar-refractivity contribution < 1.29 is 27.3 Å². The molecule has 1 aliphatic heterocycles. The minimum Gasteiger partial charge on any atom is -0.423 e. The van der Waals surface area contributed by atoms with Crippen molar-refractivity contribution in [1.29, 1.82) is 0 Å². The number of fused-ring (bicyclic) bond motifs is 1. The molecule has 1 amide bonds. The summed E-state index contributed by atoms with van der Waals surface area (Å²) in [4.78, 5) is 11.1. The van der Waals surface area contributed by atoms with Crippen LogP contribution in [0.15, 0.2) is 35.2 Å². The molecule has 0 atom stereocenters. The SMILES string of the molecule is NC(=O)Cc1cc(N)ccc1S(=O)(=O)Cc1cc2c(cc1F)COB2O. The molecule has 0 radical (unpaired) electrons. The maximum Gasteiger partial charge on any atom is 0.491 e. The highest BCUT2D eigenvalue weighted by atomic mass is 32.2. The highest BCUT2D eigenvalue weighted by Gasteiger charge is 2.30. The highest BCUT2D eigenvalue weighted by molar-refractivity contribution is 7.90. The molecule has 1 aliphatic rings. The van der Waals surface area contributed by atoms with Gasteiger partial charge in [0.15, 0.2) is 9.84 Å². The van der Waals surface area contributed by atoms with E-state index in [1.165, 1.54) is 24.3 Å². The second kappa shape index (κ2) is 6.71. The lowest BCUT2D eigenvalue weighted by molar-refractivity contribution is -0.117. The Labute approximate surface area is 149 Å². The van der Waals surface area contributed by atoms with Gasteiger partial charge >= 0.3 is 7.12 Å². The molecule has 2 aromatic rings. The maximum atomic E-state index is 14.3. The lowest BCUT2D eigenvalue weighted by Crippen LogP contribution is -2.29. The number of benzene rings is 2. The van der Waals surface area contributed by atoms with Crippen LogP contribution in [0.5, 0.6) is 0 Å². The van der Waals surface area contributed by atoms with Crippen LogP contribution in [0.2, 0.25) is 0 Å². The average molecular weight is 378 g/mol. The van der Waals surface area contributed by atoms with Gasteiger partial charge in [0, 0.05) is 11.3 Å². The van der Waals surface area contributed by atoms with E-state index < -0.39 is 34.4 Å². The first-order valence-electron chi connectivity index (χ1n) is 7.67. The zero-order valence-corrected chi connectivity index (χ0v) is 14.4. The van der Waals surface area contributed by atoms with Crippen molar-refractivity contribution in [2.24, 2.45) is 5.73 Å². The minimum absolute atomic E-state index is 0.0567. The first-order chi connectivity index (χ1) is 12.2. The smallest absolute Gasteiger partial charge is 0.423 e. The van der Waals surface area contributed by atoms with Crippen LogP contribution in [0.3, 0.4) is 0 Å². The summed E-state index contributed by atoms with van der Waals surface area (Å²) >= 11 is 0. The number of nitrogens with two attached hydrogens (primary N) is 2. The van der Waals surface area contributed by atoms with E-state index in [9.17, 15) is 22.6 Å². The third-order valence-electron chi connectivity index (χ3n) is 4.10. The van der Waals surface area contributed by atoms with Gasteiger partial charge in [0.1, 0.15) is 5.82 Å². The van der Waals surface area contributed by atoms with E-state index in [0.29, 0.717) is 11.0 Å². The molecular formula is C16H16BFN2O5S. The van der Waals surface area contributed by atoms with E-state index in [2.05, 4.69) is 0 Å². The van der Waals surface area contributed by atoms with Crippen LogP contribution in [0, 0.1) is 5.82 Å². The number of primary amides is 1. The largest absolute Gasteiger partial charge is 0.491 e. The van der Waals surface area contributed by atoms with E-state index in [-0.39, 0.29) is 34.7 Å². The number of carbonyl (C=O) groups is 1. The minimum atomic E-state index is -3.99. The number of hydrogen-bond acceptors (Lipinski definition) is 6. The van der Waals surface area contributed by atoms with E-state index in [1.54, 1.807) is 0 Å². The molecule has 7 nitrogen and oxygen atoms in total. The molecule has 0 bridgehead atoms. The van der Waals surface area contributed by atoms with Gasteiger partial charge in [-0.15, -0.1) is 0 Å². The van der Waals surface area contributed by atoms with Crippen molar-refractivity contribution >= 4 is 34.0 Å². The number of nitrogen functional groups attached to an aromatic ring is 1. The summed E-state index contributed by atoms with van der Waals surface area (Å²) < 4.78 is 44.9. The molecule has 0 aliphatic carbocycles. The molecule has 0 aromatic heterocycles. The fraction of sp³-hybridized carbons (Fsp3) is 0.188. The molecule has 136 valence electrons. The normalized spacial score (nSPS) is 13.7. The summed E-state index contributed by atoms with van der Waals surface area (Å²) in [5, 5.41) is 9.73. The van der Waals surface area contributed by atoms with Crippen LogP contribution in [0.4, 0.5) is 10.1 Å². The molecule has 26 heavy (non-hydrogen) atoms. The summed E-state index contributed by atoms with van der Waals surface area (Å²) in [6, 6.07) is 6.45. The van der Waals surface area contributed by atoms with Crippen LogP contribution in [0.25, 0.3) is 0 Å². The van der Waals surface area contributed by atoms with Crippen molar-refractivity contribution in [3.8, 4) is 0 Å². The van der Waals surface area contributed by atoms with E-state index in [1.807, 2.05) is 0 Å². The van der Waals surface area contributed by atoms with Gasteiger partial charge in [0.25, 0.3) is 0 Å². The lowest BCUT2D eigenvalue weighted by atomic mass is 9.79. The zero-order valence-electron chi connectivity index (χ0n) is 13.6. The topological polar surface area (TPSA) is 133 Å². The molecule has 2 aromatic carbocycles. The summed E-state index contributed by atoms with van der Waals surface area (Å²) in [6.07, 6.45) is -0.307. The Morgan fingerprint density at radius 2 is 2.00 bits per heavy atom. The van der Waals surface area contributed by atoms with Crippen LogP contribution >= 0.6 is 0 Å². The standard InChI is InChI=1S/C16H16BFN2O5S/c18-14-5-10-7-25-17(22)13(10)4-11(14)8-26(23,24)15-2-1-12(19)3-9(15)6-16(20)21/h1-5,22H,6-8,19H2,(H2,20,21). The van der Waals surface area contributed by atoms with E-state index >= 15 is 0 Å². The molecule has 0 spiro atoms. The van der Waals surface area contributed by atoms with Gasteiger partial charge < -0.3 is 21.1 Å². The third kappa shape index (κ3) is 3.57. The van der Waals surface area contributed by atoms with Gasteiger partial charge in [0.2, 0.25) is 5.91 Å². The van der Waals surface area contributed by atoms with Gasteiger partial charge in [0.05, 0.1) is 23.7 Å². The summed E-state index contributed by atoms with van der Waals surface area (Å²) in [5.41, 5.74) is 12.0. The lowest BCUT2D eigenvalue weighted by Gasteiger charge is -2.12. The number of sulfone groups is 1. The predicted molar refractivity (Wildman–Crippen MR) is 93.4 cm³/mol. The fourth-order valence-electron chi connectivity index (χ4n) is 2.91. The summed E-state index contributed by atoms with van der Waals surface area (Å²) in [7, 11) is -5.20. The van der Waals surface area contributed by atoms with E-state index in [0.717, 1.165) is 6.07 Å². The quantitative estimate of drug-likeness (QED) is 0.480. The maximum absolute atomic E-state index is 14.3. The molecular weight excluding hydrogens is 362 g/mol. The van der Waals surface area contributed by atoms with Crippen molar-refractivity contribution in [3.63, 3.8) is 0 Å². The van der Waals surface area contributed by atoms with Gasteiger partial charge in [-0.05, 0) is 40.9 Å². The Balaban J connectivity index is 2.01. The Morgan fingerprint density at radius 3 is 2.69 bits per heavy atom.